The van der Waals surface area contributed by atoms with E-state index in [-0.39, 0.29) is 6.04 Å². The molecule has 2 heteroatoms. The normalized spacial score (nSPS) is 11.3. The van der Waals surface area contributed by atoms with Gasteiger partial charge in [-0.2, -0.15) is 0 Å². The Kier molecular flexibility index (Phi) is 4.81. The lowest BCUT2D eigenvalue weighted by molar-refractivity contribution is 0.363. The Hall–Kier alpha value is -2.24. The summed E-state index contributed by atoms with van der Waals surface area (Å²) in [6.07, 6.45) is 0. The smallest absolute Gasteiger partial charge is 0.149 e. The number of benzene rings is 2. The van der Waals surface area contributed by atoms with Crippen LogP contribution in [-0.2, 0) is 0 Å². The van der Waals surface area contributed by atoms with Crippen LogP contribution in [0.4, 0.5) is 0 Å². The van der Waals surface area contributed by atoms with Gasteiger partial charge < -0.3 is 10.5 Å². The summed E-state index contributed by atoms with van der Waals surface area (Å²) in [7, 11) is 0. The van der Waals surface area contributed by atoms with Gasteiger partial charge in [0, 0.05) is 17.2 Å². The highest BCUT2D eigenvalue weighted by Crippen LogP contribution is 2.24. The SMILES string of the molecule is Cc1ccc([C@H](C)N)c(OCC#Cc2ccccc2)c1. The van der Waals surface area contributed by atoms with E-state index in [4.69, 9.17) is 10.5 Å². The first-order chi connectivity index (χ1) is 9.66. The Morgan fingerprint density at radius 1 is 1.15 bits per heavy atom. The second kappa shape index (κ2) is 6.79. The van der Waals surface area contributed by atoms with Gasteiger partial charge >= 0.3 is 0 Å². The molecule has 2 N–H and O–H groups in total. The molecule has 0 radical (unpaired) electrons. The van der Waals surface area contributed by atoms with Crippen molar-refractivity contribution in [3.8, 4) is 17.6 Å². The fraction of sp³-hybridized carbons (Fsp3) is 0.222. The quantitative estimate of drug-likeness (QED) is 0.863. The monoisotopic (exact) mass is 265 g/mol. The van der Waals surface area contributed by atoms with E-state index in [9.17, 15) is 0 Å². The second-order valence-corrected chi connectivity index (χ2v) is 4.79. The summed E-state index contributed by atoms with van der Waals surface area (Å²) < 4.78 is 5.75. The number of rotatable bonds is 3. The minimum atomic E-state index is -0.0484. The van der Waals surface area contributed by atoms with Crippen molar-refractivity contribution < 1.29 is 4.74 Å². The van der Waals surface area contributed by atoms with Crippen molar-refractivity contribution >= 4 is 0 Å². The van der Waals surface area contributed by atoms with E-state index < -0.39 is 0 Å². The van der Waals surface area contributed by atoms with Crippen LogP contribution in [0.25, 0.3) is 0 Å². The van der Waals surface area contributed by atoms with Crippen LogP contribution in [0.15, 0.2) is 48.5 Å². The van der Waals surface area contributed by atoms with Crippen molar-refractivity contribution in [2.45, 2.75) is 19.9 Å². The summed E-state index contributed by atoms with van der Waals surface area (Å²) in [5, 5.41) is 0. The molecule has 1 atom stereocenters. The maximum atomic E-state index is 5.94. The minimum absolute atomic E-state index is 0.0484. The highest BCUT2D eigenvalue weighted by atomic mass is 16.5. The zero-order chi connectivity index (χ0) is 14.4. The maximum absolute atomic E-state index is 5.94. The molecule has 0 aromatic heterocycles. The highest BCUT2D eigenvalue weighted by molar-refractivity contribution is 5.39. The number of nitrogens with two attached hydrogens (primary N) is 1. The third-order valence-electron chi connectivity index (χ3n) is 2.97. The molecule has 2 nitrogen and oxygen atoms in total. The van der Waals surface area contributed by atoms with Gasteiger partial charge in [-0.25, -0.2) is 0 Å². The van der Waals surface area contributed by atoms with E-state index in [1.165, 1.54) is 0 Å². The fourth-order valence-electron chi connectivity index (χ4n) is 1.92. The Bertz CT molecular complexity index is 621. The third-order valence-corrected chi connectivity index (χ3v) is 2.97. The summed E-state index contributed by atoms with van der Waals surface area (Å²) in [6.45, 7) is 4.35. The Labute approximate surface area is 120 Å². The third kappa shape index (κ3) is 3.88. The molecule has 0 heterocycles. The minimum Gasteiger partial charge on any atom is -0.481 e. The van der Waals surface area contributed by atoms with E-state index in [1.54, 1.807) is 0 Å². The van der Waals surface area contributed by atoms with Crippen molar-refractivity contribution in [2.75, 3.05) is 6.61 Å². The molecule has 0 saturated carbocycles. The van der Waals surface area contributed by atoms with Gasteiger partial charge in [0.05, 0.1) is 0 Å². The average Bonchev–Trinajstić information content (AvgIpc) is 2.44. The van der Waals surface area contributed by atoms with Crippen LogP contribution in [0.5, 0.6) is 5.75 Å². The summed E-state index contributed by atoms with van der Waals surface area (Å²) in [4.78, 5) is 0. The molecule has 0 aliphatic heterocycles. The molecule has 0 saturated heterocycles. The Morgan fingerprint density at radius 3 is 2.60 bits per heavy atom. The Balaban J connectivity index is 2.05. The van der Waals surface area contributed by atoms with Crippen molar-refractivity contribution in [1.82, 2.24) is 0 Å². The van der Waals surface area contributed by atoms with Crippen LogP contribution in [0, 0.1) is 18.8 Å². The standard InChI is InChI=1S/C18H19NO/c1-14-10-11-17(15(2)19)18(13-14)20-12-6-9-16-7-4-3-5-8-16/h3-5,7-8,10-11,13,15H,12,19H2,1-2H3/t15-/m0/s1. The van der Waals surface area contributed by atoms with Crippen LogP contribution in [0.2, 0.25) is 0 Å². The van der Waals surface area contributed by atoms with Crippen molar-refractivity contribution in [2.24, 2.45) is 5.73 Å². The molecule has 0 amide bonds. The molecule has 2 aromatic rings. The predicted molar refractivity (Wildman–Crippen MR) is 82.6 cm³/mol. The van der Waals surface area contributed by atoms with E-state index in [0.29, 0.717) is 6.61 Å². The molecule has 0 bridgehead atoms. The van der Waals surface area contributed by atoms with Crippen LogP contribution in [0.3, 0.4) is 0 Å². The molecular formula is C18H19NO. The largest absolute Gasteiger partial charge is 0.481 e. The fourth-order valence-corrected chi connectivity index (χ4v) is 1.92. The molecule has 102 valence electrons. The van der Waals surface area contributed by atoms with Crippen molar-refractivity contribution in [3.05, 3.63) is 65.2 Å². The molecule has 0 aliphatic rings. The van der Waals surface area contributed by atoms with Gasteiger partial charge in [0.2, 0.25) is 0 Å². The number of hydrogen-bond donors (Lipinski definition) is 1. The Morgan fingerprint density at radius 2 is 1.90 bits per heavy atom. The maximum Gasteiger partial charge on any atom is 0.149 e. The van der Waals surface area contributed by atoms with Gasteiger partial charge in [0.15, 0.2) is 0 Å². The molecule has 0 fully saturated rings. The van der Waals surface area contributed by atoms with Gasteiger partial charge in [-0.05, 0) is 37.6 Å². The topological polar surface area (TPSA) is 35.2 Å². The van der Waals surface area contributed by atoms with Crippen molar-refractivity contribution in [1.29, 1.82) is 0 Å². The van der Waals surface area contributed by atoms with E-state index in [1.807, 2.05) is 62.4 Å². The number of aryl methyl sites for hydroxylation is 1. The summed E-state index contributed by atoms with van der Waals surface area (Å²) in [5.41, 5.74) is 9.10. The first-order valence-corrected chi connectivity index (χ1v) is 6.69. The summed E-state index contributed by atoms with van der Waals surface area (Å²) in [6, 6.07) is 15.9. The molecule has 20 heavy (non-hydrogen) atoms. The molecule has 2 aromatic carbocycles. The highest BCUT2D eigenvalue weighted by Gasteiger charge is 2.07. The zero-order valence-corrected chi connectivity index (χ0v) is 11.9. The number of ether oxygens (including phenoxy) is 1. The molecule has 0 spiro atoms. The van der Waals surface area contributed by atoms with Gasteiger partial charge in [-0.3, -0.25) is 0 Å². The average molecular weight is 265 g/mol. The van der Waals surface area contributed by atoms with E-state index in [2.05, 4.69) is 11.8 Å². The van der Waals surface area contributed by atoms with Gasteiger partial charge in [-0.1, -0.05) is 42.2 Å². The van der Waals surface area contributed by atoms with Crippen molar-refractivity contribution in [3.63, 3.8) is 0 Å². The van der Waals surface area contributed by atoms with Crippen LogP contribution >= 0.6 is 0 Å². The first-order valence-electron chi connectivity index (χ1n) is 6.69. The zero-order valence-electron chi connectivity index (χ0n) is 11.9. The van der Waals surface area contributed by atoms with Crippen LogP contribution in [0.1, 0.15) is 29.7 Å². The molecule has 2 rings (SSSR count). The molecule has 0 aliphatic carbocycles. The summed E-state index contributed by atoms with van der Waals surface area (Å²) >= 11 is 0. The lowest BCUT2D eigenvalue weighted by Crippen LogP contribution is -2.08. The molecule has 0 unspecified atom stereocenters. The van der Waals surface area contributed by atoms with Crippen LogP contribution in [-0.4, -0.2) is 6.61 Å². The molecular weight excluding hydrogens is 246 g/mol. The second-order valence-electron chi connectivity index (χ2n) is 4.79. The van der Waals surface area contributed by atoms with Gasteiger partial charge in [0.25, 0.3) is 0 Å². The lowest BCUT2D eigenvalue weighted by atomic mass is 10.1. The van der Waals surface area contributed by atoms with Gasteiger partial charge in [-0.15, -0.1) is 0 Å². The van der Waals surface area contributed by atoms with E-state index in [0.717, 1.165) is 22.4 Å². The first kappa shape index (κ1) is 14.2. The van der Waals surface area contributed by atoms with Gasteiger partial charge in [0.1, 0.15) is 12.4 Å². The predicted octanol–water partition coefficient (Wildman–Crippen LogP) is 3.45. The van der Waals surface area contributed by atoms with E-state index >= 15 is 0 Å². The lowest BCUT2D eigenvalue weighted by Gasteiger charge is -2.13. The summed E-state index contributed by atoms with van der Waals surface area (Å²) in [5.74, 6) is 6.92. The number of hydrogen-bond acceptors (Lipinski definition) is 2. The van der Waals surface area contributed by atoms with Crippen LogP contribution < -0.4 is 10.5 Å².